The van der Waals surface area contributed by atoms with Gasteiger partial charge in [-0.25, -0.2) is 0 Å². The predicted molar refractivity (Wildman–Crippen MR) is 83.6 cm³/mol. The Balaban J connectivity index is 2.16. The molecule has 0 atom stereocenters. The molecule has 1 N–H and O–H groups in total. The average molecular weight is 340 g/mol. The van der Waals surface area contributed by atoms with Gasteiger partial charge < -0.3 is 5.32 Å². The third kappa shape index (κ3) is 3.49. The van der Waals surface area contributed by atoms with Gasteiger partial charge in [0.05, 0.1) is 28.1 Å². The third-order valence-corrected chi connectivity index (χ3v) is 4.20. The summed E-state index contributed by atoms with van der Waals surface area (Å²) in [5.74, 6) is 0. The predicted octanol–water partition coefficient (Wildman–Crippen LogP) is 2.62. The second kappa shape index (κ2) is 5.69. The molecule has 0 saturated heterocycles. The normalized spacial score (nSPS) is 12.1. The zero-order valence-corrected chi connectivity index (χ0v) is 14.3. The Bertz CT molecular complexity index is 591. The fraction of sp³-hybridized carbons (Fsp3) is 0.571. The molecule has 0 aliphatic rings. The van der Waals surface area contributed by atoms with E-state index in [4.69, 9.17) is 0 Å². The van der Waals surface area contributed by atoms with Crippen molar-refractivity contribution < 1.29 is 0 Å². The minimum absolute atomic E-state index is 0.0960. The topological polar surface area (TPSA) is 47.7 Å². The fourth-order valence-corrected chi connectivity index (χ4v) is 2.46. The Morgan fingerprint density at radius 2 is 2.05 bits per heavy atom. The van der Waals surface area contributed by atoms with E-state index in [1.54, 1.807) is 0 Å². The van der Waals surface area contributed by atoms with Gasteiger partial charge in [-0.1, -0.05) is 0 Å². The Hall–Kier alpha value is -1.14. The molecule has 0 unspecified atom stereocenters. The van der Waals surface area contributed by atoms with Gasteiger partial charge in [-0.3, -0.25) is 9.36 Å². The highest BCUT2D eigenvalue weighted by Gasteiger charge is 2.14. The number of hydrogen-bond acceptors (Lipinski definition) is 3. The largest absolute Gasteiger partial charge is 0.306 e. The maximum Gasteiger partial charge on any atom is 0.0843 e. The first-order chi connectivity index (χ1) is 9.28. The van der Waals surface area contributed by atoms with E-state index in [1.807, 2.05) is 29.5 Å². The van der Waals surface area contributed by atoms with Crippen molar-refractivity contribution in [2.45, 2.75) is 46.3 Å². The number of halogens is 1. The molecule has 0 amide bonds. The molecule has 5 nitrogen and oxygen atoms in total. The van der Waals surface area contributed by atoms with E-state index in [2.05, 4.69) is 58.3 Å². The summed E-state index contributed by atoms with van der Waals surface area (Å²) in [5, 5.41) is 12.3. The Kier molecular flexibility index (Phi) is 4.34. The van der Waals surface area contributed by atoms with Crippen molar-refractivity contribution in [2.24, 2.45) is 7.05 Å². The highest BCUT2D eigenvalue weighted by molar-refractivity contribution is 9.10. The van der Waals surface area contributed by atoms with E-state index < -0.39 is 0 Å². The number of aryl methyl sites for hydroxylation is 2. The number of nitrogens with zero attached hydrogens (tertiary/aromatic N) is 4. The molecule has 0 saturated carbocycles. The van der Waals surface area contributed by atoms with E-state index in [-0.39, 0.29) is 5.54 Å². The second-order valence-electron chi connectivity index (χ2n) is 6.05. The van der Waals surface area contributed by atoms with Crippen molar-refractivity contribution in [3.63, 3.8) is 0 Å². The Labute approximate surface area is 128 Å². The van der Waals surface area contributed by atoms with Gasteiger partial charge in [-0.15, -0.1) is 0 Å². The van der Waals surface area contributed by atoms with Crippen LogP contribution >= 0.6 is 15.9 Å². The standard InChI is InChI=1S/C14H22BrN5/c1-10-13(15)12(19(5)18-10)9-20-11(6-7-17-20)8-16-14(2,3)4/h6-7,16H,8-9H2,1-5H3. The van der Waals surface area contributed by atoms with E-state index in [0.717, 1.165) is 22.4 Å². The number of nitrogens with one attached hydrogen (secondary N) is 1. The van der Waals surface area contributed by atoms with E-state index in [9.17, 15) is 0 Å². The maximum atomic E-state index is 4.42. The smallest absolute Gasteiger partial charge is 0.0843 e. The van der Waals surface area contributed by atoms with Crippen molar-refractivity contribution >= 4 is 15.9 Å². The van der Waals surface area contributed by atoms with Gasteiger partial charge in [0.15, 0.2) is 0 Å². The average Bonchev–Trinajstić information content (AvgIpc) is 2.87. The van der Waals surface area contributed by atoms with Crippen LogP contribution in [0.4, 0.5) is 0 Å². The summed E-state index contributed by atoms with van der Waals surface area (Å²) in [6.45, 7) is 10.0. The number of aromatic nitrogens is 4. The first-order valence-corrected chi connectivity index (χ1v) is 7.51. The zero-order chi connectivity index (χ0) is 14.9. The number of hydrogen-bond donors (Lipinski definition) is 1. The summed E-state index contributed by atoms with van der Waals surface area (Å²) in [5.41, 5.74) is 3.40. The molecule has 0 radical (unpaired) electrons. The highest BCUT2D eigenvalue weighted by atomic mass is 79.9. The maximum absolute atomic E-state index is 4.42. The first-order valence-electron chi connectivity index (χ1n) is 6.71. The van der Waals surface area contributed by atoms with Crippen LogP contribution in [0.5, 0.6) is 0 Å². The molecule has 0 aliphatic heterocycles. The van der Waals surface area contributed by atoms with E-state index >= 15 is 0 Å². The molecule has 0 bridgehead atoms. The molecule has 110 valence electrons. The first kappa shape index (κ1) is 15.3. The van der Waals surface area contributed by atoms with Gasteiger partial charge in [-0.05, 0) is 49.7 Å². The van der Waals surface area contributed by atoms with Gasteiger partial charge in [0.1, 0.15) is 0 Å². The summed E-state index contributed by atoms with van der Waals surface area (Å²) in [4.78, 5) is 0. The molecule has 20 heavy (non-hydrogen) atoms. The fourth-order valence-electron chi connectivity index (χ4n) is 2.00. The van der Waals surface area contributed by atoms with Crippen molar-refractivity contribution in [1.82, 2.24) is 24.9 Å². The van der Waals surface area contributed by atoms with Crippen LogP contribution in [0.3, 0.4) is 0 Å². The molecule has 2 aromatic heterocycles. The second-order valence-corrected chi connectivity index (χ2v) is 6.85. The molecular formula is C14H22BrN5. The quantitative estimate of drug-likeness (QED) is 0.931. The Morgan fingerprint density at radius 1 is 1.35 bits per heavy atom. The van der Waals surface area contributed by atoms with Crippen molar-refractivity contribution in [3.8, 4) is 0 Å². The summed E-state index contributed by atoms with van der Waals surface area (Å²) in [6, 6.07) is 2.05. The van der Waals surface area contributed by atoms with Crippen LogP contribution in [0.25, 0.3) is 0 Å². The molecule has 0 spiro atoms. The van der Waals surface area contributed by atoms with Crippen LogP contribution in [-0.4, -0.2) is 25.1 Å². The molecule has 2 aromatic rings. The highest BCUT2D eigenvalue weighted by Crippen LogP contribution is 2.21. The molecule has 6 heteroatoms. The van der Waals surface area contributed by atoms with Crippen LogP contribution in [0.2, 0.25) is 0 Å². The Morgan fingerprint density at radius 3 is 2.60 bits per heavy atom. The van der Waals surface area contributed by atoms with Gasteiger partial charge in [0.2, 0.25) is 0 Å². The van der Waals surface area contributed by atoms with Crippen LogP contribution in [-0.2, 0) is 20.1 Å². The summed E-state index contributed by atoms with van der Waals surface area (Å²) >= 11 is 3.60. The minimum Gasteiger partial charge on any atom is -0.306 e. The van der Waals surface area contributed by atoms with Gasteiger partial charge in [0.25, 0.3) is 0 Å². The monoisotopic (exact) mass is 339 g/mol. The van der Waals surface area contributed by atoms with Gasteiger partial charge in [-0.2, -0.15) is 10.2 Å². The number of rotatable bonds is 4. The van der Waals surface area contributed by atoms with Crippen molar-refractivity contribution in [1.29, 1.82) is 0 Å². The molecule has 2 rings (SSSR count). The van der Waals surface area contributed by atoms with Gasteiger partial charge in [0, 0.05) is 25.3 Å². The van der Waals surface area contributed by atoms with Crippen LogP contribution < -0.4 is 5.32 Å². The summed E-state index contributed by atoms with van der Waals surface area (Å²) in [6.07, 6.45) is 1.84. The zero-order valence-electron chi connectivity index (χ0n) is 12.7. The van der Waals surface area contributed by atoms with Crippen molar-refractivity contribution in [2.75, 3.05) is 0 Å². The lowest BCUT2D eigenvalue weighted by Crippen LogP contribution is -2.35. The lowest BCUT2D eigenvalue weighted by Gasteiger charge is -2.20. The van der Waals surface area contributed by atoms with Crippen LogP contribution in [0, 0.1) is 6.92 Å². The minimum atomic E-state index is 0.0960. The summed E-state index contributed by atoms with van der Waals surface area (Å²) in [7, 11) is 1.96. The SMILES string of the molecule is Cc1nn(C)c(Cn2nccc2CNC(C)(C)C)c1Br. The van der Waals surface area contributed by atoms with Crippen molar-refractivity contribution in [3.05, 3.63) is 33.8 Å². The van der Waals surface area contributed by atoms with E-state index in [0.29, 0.717) is 6.54 Å². The lowest BCUT2D eigenvalue weighted by atomic mass is 10.1. The molecule has 0 aliphatic carbocycles. The van der Waals surface area contributed by atoms with Crippen LogP contribution in [0.15, 0.2) is 16.7 Å². The van der Waals surface area contributed by atoms with E-state index in [1.165, 1.54) is 5.69 Å². The molecule has 0 aromatic carbocycles. The van der Waals surface area contributed by atoms with Gasteiger partial charge >= 0.3 is 0 Å². The molecule has 2 heterocycles. The lowest BCUT2D eigenvalue weighted by molar-refractivity contribution is 0.413. The molecular weight excluding hydrogens is 318 g/mol. The summed E-state index contributed by atoms with van der Waals surface area (Å²) < 4.78 is 4.98. The van der Waals surface area contributed by atoms with Crippen LogP contribution in [0.1, 0.15) is 37.9 Å². The molecule has 0 fully saturated rings. The third-order valence-electron chi connectivity index (χ3n) is 3.17.